The monoisotopic (exact) mass is 518 g/mol. The Kier molecular flexibility index (Phi) is 7.54. The Labute approximate surface area is 221 Å². The summed E-state index contributed by atoms with van der Waals surface area (Å²) in [4.78, 5) is 35.4. The molecule has 5 rings (SSSR count). The van der Waals surface area contributed by atoms with Crippen LogP contribution in [0.15, 0.2) is 43.1 Å². The number of fused-ring (bicyclic) bond motifs is 1. The normalized spacial score (nSPS) is 16.3. The number of likely N-dealkylation sites (tertiary alicyclic amines) is 1. The van der Waals surface area contributed by atoms with E-state index >= 15 is 0 Å². The molecule has 2 fully saturated rings. The van der Waals surface area contributed by atoms with Gasteiger partial charge in [-0.3, -0.25) is 9.59 Å². The summed E-state index contributed by atoms with van der Waals surface area (Å²) < 4.78 is 7.22. The lowest BCUT2D eigenvalue weighted by molar-refractivity contribution is -0.137. The van der Waals surface area contributed by atoms with Crippen molar-refractivity contribution in [2.24, 2.45) is 5.92 Å². The first-order valence-corrected chi connectivity index (χ1v) is 13.1. The fourth-order valence-corrected chi connectivity index (χ4v) is 4.64. The maximum Gasteiger partial charge on any atom is 0.246 e. The van der Waals surface area contributed by atoms with Crippen molar-refractivity contribution in [3.05, 3.63) is 54.2 Å². The number of carbonyl (C=O) groups is 2. The standard InChI is InChI=1S/C27H34N8O3/c1-4-23(36)34-15-19(16-34)25(37)30-21-7-5-6-18(12-21)13-28-27-33-26(31-20-8-10-38-11-9-20)32-24-22(17(2)3)14-29-35(24)27/h4-7,12,14,17,19-20H,1,8-11,13,15-16H2,2-3H3,(H,30,37)(H2,28,31,32,33). The van der Waals surface area contributed by atoms with Gasteiger partial charge in [0.05, 0.1) is 12.1 Å². The number of carbonyl (C=O) groups excluding carboxylic acids is 2. The van der Waals surface area contributed by atoms with Gasteiger partial charge in [0.1, 0.15) is 0 Å². The SMILES string of the molecule is C=CC(=O)N1CC(C(=O)Nc2cccc(CNc3nc(NC4CCOCC4)nc4c(C(C)C)cnn34)c2)C1. The van der Waals surface area contributed by atoms with Crippen LogP contribution in [0.4, 0.5) is 17.6 Å². The number of hydrogen-bond donors (Lipinski definition) is 3. The van der Waals surface area contributed by atoms with Gasteiger partial charge in [-0.1, -0.05) is 32.6 Å². The Hall–Kier alpha value is -3.99. The average molecular weight is 519 g/mol. The number of aromatic nitrogens is 4. The third-order valence-electron chi connectivity index (χ3n) is 6.96. The summed E-state index contributed by atoms with van der Waals surface area (Å²) in [6.07, 6.45) is 4.94. The summed E-state index contributed by atoms with van der Waals surface area (Å²) in [5.41, 5.74) is 3.51. The number of rotatable bonds is 9. The molecule has 200 valence electrons. The van der Waals surface area contributed by atoms with Crippen LogP contribution in [0.3, 0.4) is 0 Å². The van der Waals surface area contributed by atoms with Crippen LogP contribution in [-0.4, -0.2) is 68.6 Å². The number of benzene rings is 1. The Bertz CT molecular complexity index is 1330. The number of nitrogens with one attached hydrogen (secondary N) is 3. The highest BCUT2D eigenvalue weighted by Gasteiger charge is 2.34. The van der Waals surface area contributed by atoms with Crippen LogP contribution in [-0.2, 0) is 20.9 Å². The van der Waals surface area contributed by atoms with Gasteiger partial charge in [0.2, 0.25) is 23.7 Å². The zero-order chi connectivity index (χ0) is 26.6. The Balaban J connectivity index is 1.28. The summed E-state index contributed by atoms with van der Waals surface area (Å²) in [5.74, 6) is 0.968. The van der Waals surface area contributed by atoms with Crippen LogP contribution < -0.4 is 16.0 Å². The Morgan fingerprint density at radius 2 is 2.00 bits per heavy atom. The van der Waals surface area contributed by atoms with E-state index in [1.807, 2.05) is 30.5 Å². The van der Waals surface area contributed by atoms with Crippen molar-refractivity contribution < 1.29 is 14.3 Å². The second kappa shape index (κ2) is 11.2. The minimum absolute atomic E-state index is 0.0951. The summed E-state index contributed by atoms with van der Waals surface area (Å²) in [6, 6.07) is 7.94. The average Bonchev–Trinajstić information content (AvgIpc) is 3.31. The van der Waals surface area contributed by atoms with Crippen LogP contribution in [0.5, 0.6) is 0 Å². The molecule has 11 nitrogen and oxygen atoms in total. The van der Waals surface area contributed by atoms with Crippen molar-refractivity contribution >= 4 is 35.0 Å². The van der Waals surface area contributed by atoms with E-state index in [0.717, 1.165) is 42.8 Å². The number of hydrogen-bond acceptors (Lipinski definition) is 8. The minimum Gasteiger partial charge on any atom is -0.381 e. The number of amides is 2. The van der Waals surface area contributed by atoms with E-state index in [2.05, 4.69) is 41.5 Å². The van der Waals surface area contributed by atoms with Crippen LogP contribution in [0.25, 0.3) is 5.65 Å². The maximum atomic E-state index is 12.6. The molecule has 2 aromatic heterocycles. The molecule has 0 radical (unpaired) electrons. The molecule has 3 aromatic rings. The lowest BCUT2D eigenvalue weighted by Crippen LogP contribution is -2.53. The molecule has 2 saturated heterocycles. The first-order valence-electron chi connectivity index (χ1n) is 13.1. The fourth-order valence-electron chi connectivity index (χ4n) is 4.64. The van der Waals surface area contributed by atoms with Crippen LogP contribution in [0, 0.1) is 5.92 Å². The van der Waals surface area contributed by atoms with Gasteiger partial charge in [-0.05, 0) is 42.5 Å². The molecule has 2 aliphatic rings. The molecule has 0 saturated carbocycles. The highest BCUT2D eigenvalue weighted by Crippen LogP contribution is 2.24. The summed E-state index contributed by atoms with van der Waals surface area (Å²) in [6.45, 7) is 10.5. The smallest absolute Gasteiger partial charge is 0.246 e. The van der Waals surface area contributed by atoms with Gasteiger partial charge < -0.3 is 25.6 Å². The molecule has 1 aromatic carbocycles. The predicted octanol–water partition coefficient (Wildman–Crippen LogP) is 3.03. The molecule has 4 heterocycles. The molecular formula is C27H34N8O3. The van der Waals surface area contributed by atoms with Gasteiger partial charge in [0.25, 0.3) is 0 Å². The molecular weight excluding hydrogens is 484 g/mol. The minimum atomic E-state index is -0.216. The van der Waals surface area contributed by atoms with Gasteiger partial charge >= 0.3 is 0 Å². The van der Waals surface area contributed by atoms with Crippen LogP contribution in [0.2, 0.25) is 0 Å². The van der Waals surface area contributed by atoms with Crippen molar-refractivity contribution in [3.63, 3.8) is 0 Å². The second-order valence-corrected chi connectivity index (χ2v) is 10.1. The van der Waals surface area contributed by atoms with E-state index in [0.29, 0.717) is 37.2 Å². The Morgan fingerprint density at radius 3 is 2.74 bits per heavy atom. The van der Waals surface area contributed by atoms with Gasteiger partial charge in [0.15, 0.2) is 5.65 Å². The molecule has 0 aliphatic carbocycles. The molecule has 38 heavy (non-hydrogen) atoms. The fraction of sp³-hybridized carbons (Fsp3) is 0.444. The third kappa shape index (κ3) is 5.62. The summed E-state index contributed by atoms with van der Waals surface area (Å²) in [7, 11) is 0. The molecule has 2 aliphatic heterocycles. The molecule has 11 heteroatoms. The van der Waals surface area contributed by atoms with Gasteiger partial charge in [-0.25, -0.2) is 0 Å². The first kappa shape index (κ1) is 25.7. The van der Waals surface area contributed by atoms with Gasteiger partial charge in [-0.2, -0.15) is 19.6 Å². The third-order valence-corrected chi connectivity index (χ3v) is 6.96. The largest absolute Gasteiger partial charge is 0.381 e. The quantitative estimate of drug-likeness (QED) is 0.369. The maximum absolute atomic E-state index is 12.6. The summed E-state index contributed by atoms with van der Waals surface area (Å²) >= 11 is 0. The van der Waals surface area contributed by atoms with Crippen LogP contribution >= 0.6 is 0 Å². The van der Waals surface area contributed by atoms with E-state index < -0.39 is 0 Å². The predicted molar refractivity (Wildman–Crippen MR) is 145 cm³/mol. The first-order chi connectivity index (χ1) is 18.4. The Morgan fingerprint density at radius 1 is 1.21 bits per heavy atom. The number of nitrogens with zero attached hydrogens (tertiary/aromatic N) is 5. The molecule has 0 bridgehead atoms. The number of ether oxygens (including phenoxy) is 1. The van der Waals surface area contributed by atoms with E-state index in [4.69, 9.17) is 14.7 Å². The molecule has 0 spiro atoms. The van der Waals surface area contributed by atoms with E-state index in [9.17, 15) is 9.59 Å². The topological polar surface area (TPSA) is 126 Å². The lowest BCUT2D eigenvalue weighted by atomic mass is 9.99. The second-order valence-electron chi connectivity index (χ2n) is 10.1. The van der Waals surface area contributed by atoms with Crippen molar-refractivity contribution in [1.82, 2.24) is 24.5 Å². The molecule has 0 unspecified atom stereocenters. The van der Waals surface area contributed by atoms with E-state index in [1.165, 1.54) is 6.08 Å². The number of anilines is 3. The zero-order valence-electron chi connectivity index (χ0n) is 21.8. The zero-order valence-corrected chi connectivity index (χ0v) is 21.8. The van der Waals surface area contributed by atoms with Gasteiger partial charge in [-0.15, -0.1) is 0 Å². The van der Waals surface area contributed by atoms with Crippen LogP contribution in [0.1, 0.15) is 43.7 Å². The van der Waals surface area contributed by atoms with Gasteiger partial charge in [0, 0.05) is 50.1 Å². The highest BCUT2D eigenvalue weighted by atomic mass is 16.5. The van der Waals surface area contributed by atoms with Crippen molar-refractivity contribution in [3.8, 4) is 0 Å². The van der Waals surface area contributed by atoms with E-state index in [-0.39, 0.29) is 29.7 Å². The molecule has 0 atom stereocenters. The van der Waals surface area contributed by atoms with Crippen molar-refractivity contribution in [1.29, 1.82) is 0 Å². The summed E-state index contributed by atoms with van der Waals surface area (Å²) in [5, 5.41) is 14.4. The van der Waals surface area contributed by atoms with Crippen molar-refractivity contribution in [2.75, 3.05) is 42.3 Å². The lowest BCUT2D eigenvalue weighted by Gasteiger charge is -2.37. The molecule has 2 amide bonds. The van der Waals surface area contributed by atoms with Crippen molar-refractivity contribution in [2.45, 2.75) is 45.2 Å². The van der Waals surface area contributed by atoms with E-state index in [1.54, 1.807) is 9.42 Å². The molecule has 3 N–H and O–H groups in total. The highest BCUT2D eigenvalue weighted by molar-refractivity contribution is 5.96.